The predicted octanol–water partition coefficient (Wildman–Crippen LogP) is 0.497. The van der Waals surface area contributed by atoms with Gasteiger partial charge in [-0.1, -0.05) is 17.7 Å². The smallest absolute Gasteiger partial charge is 0.240 e. The van der Waals surface area contributed by atoms with Crippen molar-refractivity contribution in [1.29, 1.82) is 0 Å². The van der Waals surface area contributed by atoms with Crippen LogP contribution in [0.2, 0.25) is 0 Å². The minimum atomic E-state index is -3.60. The highest BCUT2D eigenvalue weighted by Gasteiger charge is 2.40. The van der Waals surface area contributed by atoms with Gasteiger partial charge in [0.15, 0.2) is 0 Å². The molecule has 0 radical (unpaired) electrons. The van der Waals surface area contributed by atoms with E-state index in [1.807, 2.05) is 6.92 Å². The van der Waals surface area contributed by atoms with Crippen LogP contribution in [0.4, 0.5) is 0 Å². The molecule has 1 aliphatic carbocycles. The highest BCUT2D eigenvalue weighted by atomic mass is 32.2. The lowest BCUT2D eigenvalue weighted by atomic mass is 10.1. The fourth-order valence-electron chi connectivity index (χ4n) is 3.38. The van der Waals surface area contributed by atoms with Gasteiger partial charge in [-0.25, -0.2) is 13.1 Å². The van der Waals surface area contributed by atoms with Crippen LogP contribution in [0.3, 0.4) is 0 Å². The summed E-state index contributed by atoms with van der Waals surface area (Å²) >= 11 is 0. The topological polar surface area (TPSA) is 78.9 Å². The van der Waals surface area contributed by atoms with Gasteiger partial charge in [0.05, 0.1) is 24.2 Å². The van der Waals surface area contributed by atoms with Crippen molar-refractivity contribution in [2.24, 2.45) is 0 Å². The van der Waals surface area contributed by atoms with E-state index in [0.29, 0.717) is 19.6 Å². The second-order valence-corrected chi connectivity index (χ2v) is 8.04. The molecule has 1 aliphatic heterocycles. The van der Waals surface area contributed by atoms with E-state index in [9.17, 15) is 13.5 Å². The van der Waals surface area contributed by atoms with Crippen molar-refractivity contribution in [1.82, 2.24) is 9.62 Å². The van der Waals surface area contributed by atoms with Gasteiger partial charge in [0.25, 0.3) is 0 Å². The second kappa shape index (κ2) is 6.86. The summed E-state index contributed by atoms with van der Waals surface area (Å²) in [6.45, 7) is 4.84. The molecular weight excluding hydrogens is 316 g/mol. The Bertz CT molecular complexity index is 626. The van der Waals surface area contributed by atoms with Crippen LogP contribution < -0.4 is 4.72 Å². The first-order valence-corrected chi connectivity index (χ1v) is 9.54. The van der Waals surface area contributed by atoms with Crippen LogP contribution in [0.1, 0.15) is 18.4 Å². The predicted molar refractivity (Wildman–Crippen MR) is 86.7 cm³/mol. The summed E-state index contributed by atoms with van der Waals surface area (Å²) in [5.41, 5.74) is 1.01. The van der Waals surface area contributed by atoms with E-state index in [1.54, 1.807) is 24.3 Å². The zero-order valence-electron chi connectivity index (χ0n) is 13.3. The molecule has 3 atom stereocenters. The largest absolute Gasteiger partial charge is 0.390 e. The van der Waals surface area contributed by atoms with Crippen LogP contribution in [-0.2, 0) is 14.8 Å². The Hall–Kier alpha value is -0.990. The maximum absolute atomic E-state index is 12.5. The van der Waals surface area contributed by atoms with E-state index in [0.717, 1.165) is 25.1 Å². The number of sulfonamides is 1. The first kappa shape index (κ1) is 16.9. The number of nitrogens with zero attached hydrogens (tertiary/aromatic N) is 1. The molecule has 2 fully saturated rings. The number of rotatable bonds is 4. The minimum absolute atomic E-state index is 0.00428. The number of ether oxygens (including phenoxy) is 1. The molecule has 0 amide bonds. The third-order valence-electron chi connectivity index (χ3n) is 4.73. The summed E-state index contributed by atoms with van der Waals surface area (Å²) in [7, 11) is -3.60. The average Bonchev–Trinajstić information content (AvgIpc) is 2.89. The molecule has 2 aliphatic rings. The molecular formula is C16H24N2O4S. The van der Waals surface area contributed by atoms with E-state index in [-0.39, 0.29) is 10.9 Å². The average molecular weight is 340 g/mol. The van der Waals surface area contributed by atoms with Crippen LogP contribution >= 0.6 is 0 Å². The molecule has 0 bridgehead atoms. The summed E-state index contributed by atoms with van der Waals surface area (Å²) in [5, 5.41) is 10.5. The van der Waals surface area contributed by atoms with Crippen molar-refractivity contribution >= 4 is 10.0 Å². The maximum atomic E-state index is 12.5. The Morgan fingerprint density at radius 3 is 2.48 bits per heavy atom. The molecule has 0 unspecified atom stereocenters. The molecule has 3 rings (SSSR count). The molecule has 23 heavy (non-hydrogen) atoms. The van der Waals surface area contributed by atoms with Crippen LogP contribution in [0, 0.1) is 6.92 Å². The maximum Gasteiger partial charge on any atom is 0.240 e. The van der Waals surface area contributed by atoms with Crippen molar-refractivity contribution in [3.8, 4) is 0 Å². The van der Waals surface area contributed by atoms with E-state index >= 15 is 0 Å². The van der Waals surface area contributed by atoms with Gasteiger partial charge in [-0.2, -0.15) is 0 Å². The van der Waals surface area contributed by atoms with E-state index in [4.69, 9.17) is 4.74 Å². The normalized spacial score (nSPS) is 29.7. The highest BCUT2D eigenvalue weighted by molar-refractivity contribution is 7.89. The van der Waals surface area contributed by atoms with Gasteiger partial charge in [0.1, 0.15) is 0 Å². The lowest BCUT2D eigenvalue weighted by Gasteiger charge is -2.34. The highest BCUT2D eigenvalue weighted by Crippen LogP contribution is 2.27. The summed E-state index contributed by atoms with van der Waals surface area (Å²) in [6.07, 6.45) is 0.754. The minimum Gasteiger partial charge on any atom is -0.390 e. The Kier molecular flexibility index (Phi) is 5.03. The van der Waals surface area contributed by atoms with Crippen molar-refractivity contribution in [3.05, 3.63) is 29.8 Å². The molecule has 6 nitrogen and oxygen atoms in total. The number of hydrogen-bond acceptors (Lipinski definition) is 5. The van der Waals surface area contributed by atoms with Gasteiger partial charge in [-0.15, -0.1) is 0 Å². The standard InChI is InChI=1S/C16H24N2O4S/c1-12-2-4-13(5-3-12)23(20,21)17-14-6-7-15(16(14)19)18-8-10-22-11-9-18/h2-5,14-17,19H,6-11H2,1H3/t14-,15-,16-/m1/s1. The fraction of sp³-hybridized carbons (Fsp3) is 0.625. The molecule has 1 saturated heterocycles. The van der Waals surface area contributed by atoms with Crippen LogP contribution in [0.5, 0.6) is 0 Å². The monoisotopic (exact) mass is 340 g/mol. The third kappa shape index (κ3) is 3.75. The van der Waals surface area contributed by atoms with Crippen molar-refractivity contribution in [2.75, 3.05) is 26.3 Å². The number of aryl methyl sites for hydroxylation is 1. The SMILES string of the molecule is Cc1ccc(S(=O)(=O)N[C@@H]2CC[C@@H](N3CCOCC3)[C@@H]2O)cc1. The number of benzene rings is 1. The molecule has 1 saturated carbocycles. The van der Waals surface area contributed by atoms with E-state index in [2.05, 4.69) is 9.62 Å². The molecule has 1 aromatic rings. The van der Waals surface area contributed by atoms with Gasteiger partial charge in [0, 0.05) is 25.2 Å². The van der Waals surface area contributed by atoms with Crippen molar-refractivity contribution < 1.29 is 18.3 Å². The quantitative estimate of drug-likeness (QED) is 0.834. The number of hydrogen-bond donors (Lipinski definition) is 2. The molecule has 7 heteroatoms. The fourth-order valence-corrected chi connectivity index (χ4v) is 4.67. The third-order valence-corrected chi connectivity index (χ3v) is 6.24. The summed E-state index contributed by atoms with van der Waals surface area (Å²) in [5.74, 6) is 0. The zero-order valence-corrected chi connectivity index (χ0v) is 14.1. The lowest BCUT2D eigenvalue weighted by Crippen LogP contribution is -2.51. The summed E-state index contributed by atoms with van der Waals surface area (Å²) in [6, 6.07) is 6.31. The zero-order chi connectivity index (χ0) is 16.4. The van der Waals surface area contributed by atoms with Crippen molar-refractivity contribution in [3.63, 3.8) is 0 Å². The number of nitrogens with one attached hydrogen (secondary N) is 1. The van der Waals surface area contributed by atoms with Gasteiger partial charge >= 0.3 is 0 Å². The molecule has 1 heterocycles. The van der Waals surface area contributed by atoms with Crippen LogP contribution in [0.15, 0.2) is 29.2 Å². The van der Waals surface area contributed by atoms with Gasteiger partial charge < -0.3 is 9.84 Å². The Morgan fingerprint density at radius 1 is 1.17 bits per heavy atom. The lowest BCUT2D eigenvalue weighted by molar-refractivity contribution is -0.0145. The molecule has 2 N–H and O–H groups in total. The summed E-state index contributed by atoms with van der Waals surface area (Å²) in [4.78, 5) is 2.44. The Balaban J connectivity index is 1.67. The molecule has 128 valence electrons. The number of aliphatic hydroxyl groups excluding tert-OH is 1. The first-order valence-electron chi connectivity index (χ1n) is 8.06. The molecule has 1 aromatic carbocycles. The Morgan fingerprint density at radius 2 is 1.83 bits per heavy atom. The van der Waals surface area contributed by atoms with Crippen LogP contribution in [-0.4, -0.2) is 62.9 Å². The van der Waals surface area contributed by atoms with Crippen molar-refractivity contribution in [2.45, 2.75) is 42.8 Å². The number of aliphatic hydroxyl groups is 1. The summed E-state index contributed by atoms with van der Waals surface area (Å²) < 4.78 is 33.0. The first-order chi connectivity index (χ1) is 11.0. The van der Waals surface area contributed by atoms with E-state index in [1.165, 1.54) is 0 Å². The van der Waals surface area contributed by atoms with Gasteiger partial charge in [-0.05, 0) is 31.9 Å². The second-order valence-electron chi connectivity index (χ2n) is 6.32. The molecule has 0 spiro atoms. The van der Waals surface area contributed by atoms with Crippen LogP contribution in [0.25, 0.3) is 0 Å². The molecule has 0 aromatic heterocycles. The van der Waals surface area contributed by atoms with Gasteiger partial charge in [-0.3, -0.25) is 4.90 Å². The van der Waals surface area contributed by atoms with E-state index < -0.39 is 22.2 Å². The number of morpholine rings is 1. The van der Waals surface area contributed by atoms with Gasteiger partial charge in [0.2, 0.25) is 10.0 Å². The Labute approximate surface area is 137 Å².